The summed E-state index contributed by atoms with van der Waals surface area (Å²) >= 11 is 6.61. The number of aromatic carboxylic acids is 1. The average Bonchev–Trinajstić information content (AvgIpc) is 3.45. The van der Waals surface area contributed by atoms with E-state index in [0.717, 1.165) is 43.7 Å². The molecule has 156 valence electrons. The number of anilines is 1. The number of piperazine rings is 1. The van der Waals surface area contributed by atoms with Crippen LogP contribution in [0.1, 0.15) is 56.9 Å². The van der Waals surface area contributed by atoms with Crippen molar-refractivity contribution in [3.8, 4) is 0 Å². The Morgan fingerprint density at radius 3 is 2.45 bits per heavy atom. The Morgan fingerprint density at radius 1 is 1.21 bits per heavy atom. The van der Waals surface area contributed by atoms with Gasteiger partial charge in [-0.25, -0.2) is 4.79 Å². The van der Waals surface area contributed by atoms with Gasteiger partial charge < -0.3 is 14.6 Å². The van der Waals surface area contributed by atoms with Gasteiger partial charge in [0.15, 0.2) is 0 Å². The molecule has 2 fully saturated rings. The van der Waals surface area contributed by atoms with Gasteiger partial charge in [0.2, 0.25) is 5.43 Å². The second kappa shape index (κ2) is 7.03. The van der Waals surface area contributed by atoms with Crippen molar-refractivity contribution in [3.05, 3.63) is 39.1 Å². The number of fused-ring (bicyclic) bond motifs is 1. The van der Waals surface area contributed by atoms with Crippen LogP contribution in [0.25, 0.3) is 10.9 Å². The molecule has 0 radical (unpaired) electrons. The van der Waals surface area contributed by atoms with Crippen LogP contribution in [-0.4, -0.2) is 51.8 Å². The molecule has 2 aliphatic rings. The van der Waals surface area contributed by atoms with Gasteiger partial charge in [-0.2, -0.15) is 0 Å². The zero-order valence-corrected chi connectivity index (χ0v) is 18.2. The van der Waals surface area contributed by atoms with Crippen LogP contribution in [0.2, 0.25) is 5.02 Å². The first-order valence-corrected chi connectivity index (χ1v) is 10.6. The molecule has 2 heterocycles. The summed E-state index contributed by atoms with van der Waals surface area (Å²) in [6, 6.07) is 4.25. The molecule has 1 N–H and O–H groups in total. The Morgan fingerprint density at radius 2 is 1.90 bits per heavy atom. The molecule has 0 spiro atoms. The molecule has 1 aromatic carbocycles. The third kappa shape index (κ3) is 3.64. The molecule has 1 aromatic heterocycles. The van der Waals surface area contributed by atoms with Crippen molar-refractivity contribution in [3.63, 3.8) is 0 Å². The number of halogens is 1. The van der Waals surface area contributed by atoms with Crippen LogP contribution < -0.4 is 10.3 Å². The fourth-order valence-electron chi connectivity index (χ4n) is 4.58. The van der Waals surface area contributed by atoms with E-state index < -0.39 is 11.4 Å². The van der Waals surface area contributed by atoms with E-state index in [1.807, 2.05) is 10.6 Å². The van der Waals surface area contributed by atoms with E-state index in [-0.39, 0.29) is 17.1 Å². The first-order chi connectivity index (χ1) is 13.6. The predicted octanol–water partition coefficient (Wildman–Crippen LogP) is 4.00. The first-order valence-electron chi connectivity index (χ1n) is 10.2. The lowest BCUT2D eigenvalue weighted by Gasteiger charge is -2.47. The number of rotatable bonds is 3. The number of benzene rings is 1. The van der Waals surface area contributed by atoms with Crippen molar-refractivity contribution in [1.82, 2.24) is 9.47 Å². The second-order valence-corrected chi connectivity index (χ2v) is 9.70. The Balaban J connectivity index is 1.78. The number of carboxylic acids is 1. The molecule has 29 heavy (non-hydrogen) atoms. The molecule has 1 saturated carbocycles. The van der Waals surface area contributed by atoms with E-state index >= 15 is 0 Å². The van der Waals surface area contributed by atoms with Crippen LogP contribution in [0, 0.1) is 0 Å². The van der Waals surface area contributed by atoms with Crippen molar-refractivity contribution in [2.45, 2.75) is 58.2 Å². The summed E-state index contributed by atoms with van der Waals surface area (Å²) < 4.78 is 1.95. The molecule has 1 unspecified atom stereocenters. The highest BCUT2D eigenvalue weighted by Gasteiger charge is 2.33. The number of pyridine rings is 1. The summed E-state index contributed by atoms with van der Waals surface area (Å²) in [6.45, 7) is 11.6. The van der Waals surface area contributed by atoms with Crippen LogP contribution in [0.5, 0.6) is 0 Å². The summed E-state index contributed by atoms with van der Waals surface area (Å²) in [5.41, 5.74) is 1.13. The molecule has 1 aliphatic heterocycles. The quantitative estimate of drug-likeness (QED) is 0.817. The maximum Gasteiger partial charge on any atom is 0.341 e. The van der Waals surface area contributed by atoms with E-state index in [2.05, 4.69) is 37.5 Å². The fraction of sp³-hybridized carbons (Fsp3) is 0.545. The van der Waals surface area contributed by atoms with Crippen LogP contribution in [0.4, 0.5) is 5.69 Å². The van der Waals surface area contributed by atoms with E-state index in [0.29, 0.717) is 16.5 Å². The molecule has 2 aromatic rings. The van der Waals surface area contributed by atoms with Gasteiger partial charge in [-0.3, -0.25) is 9.69 Å². The standard InChI is InChI=1S/C22H28ClN3O3/c1-13-11-24(7-8-26(13)22(2,3)4)19-10-18-15(9-17(19)23)20(27)16(21(28)29)12-25(18)14-5-6-14/h9-10,12-14H,5-8,11H2,1-4H3,(H,28,29). The van der Waals surface area contributed by atoms with Crippen molar-refractivity contribution in [2.75, 3.05) is 24.5 Å². The highest BCUT2D eigenvalue weighted by Crippen LogP contribution is 2.39. The summed E-state index contributed by atoms with van der Waals surface area (Å²) in [4.78, 5) is 29.1. The SMILES string of the molecule is CC1CN(c2cc3c(cc2Cl)c(=O)c(C(=O)O)cn3C2CC2)CCN1C(C)(C)C. The zero-order chi connectivity index (χ0) is 21.1. The number of carboxylic acid groups (broad SMARTS) is 1. The Labute approximate surface area is 175 Å². The van der Waals surface area contributed by atoms with Crippen molar-refractivity contribution in [1.29, 1.82) is 0 Å². The van der Waals surface area contributed by atoms with E-state index in [4.69, 9.17) is 11.6 Å². The Bertz CT molecular complexity index is 1040. The maximum absolute atomic E-state index is 12.7. The van der Waals surface area contributed by atoms with Crippen molar-refractivity contribution in [2.24, 2.45) is 0 Å². The molecule has 1 aliphatic carbocycles. The number of nitrogens with zero attached hydrogens (tertiary/aromatic N) is 3. The molecule has 1 saturated heterocycles. The molecular weight excluding hydrogens is 390 g/mol. The van der Waals surface area contributed by atoms with Gasteiger partial charge in [-0.15, -0.1) is 0 Å². The highest BCUT2D eigenvalue weighted by atomic mass is 35.5. The normalized spacial score (nSPS) is 21.0. The van der Waals surface area contributed by atoms with Gasteiger partial charge in [0, 0.05) is 48.8 Å². The molecule has 0 amide bonds. The van der Waals surface area contributed by atoms with Gasteiger partial charge in [0.05, 0.1) is 16.2 Å². The molecule has 0 bridgehead atoms. The van der Waals surface area contributed by atoms with Gasteiger partial charge in [0.25, 0.3) is 0 Å². The van der Waals surface area contributed by atoms with Gasteiger partial charge in [-0.1, -0.05) is 11.6 Å². The van der Waals surface area contributed by atoms with Crippen LogP contribution in [-0.2, 0) is 0 Å². The van der Waals surface area contributed by atoms with Crippen molar-refractivity contribution < 1.29 is 9.90 Å². The number of hydrogen-bond acceptors (Lipinski definition) is 4. The monoisotopic (exact) mass is 417 g/mol. The topological polar surface area (TPSA) is 65.8 Å². The minimum Gasteiger partial charge on any atom is -0.477 e. The van der Waals surface area contributed by atoms with Gasteiger partial charge >= 0.3 is 5.97 Å². The van der Waals surface area contributed by atoms with Gasteiger partial charge in [-0.05, 0) is 52.7 Å². The van der Waals surface area contributed by atoms with Crippen LogP contribution >= 0.6 is 11.6 Å². The molecule has 4 rings (SSSR count). The summed E-state index contributed by atoms with van der Waals surface area (Å²) in [7, 11) is 0. The minimum absolute atomic E-state index is 0.109. The average molecular weight is 418 g/mol. The fourth-order valence-corrected chi connectivity index (χ4v) is 4.86. The Kier molecular flexibility index (Phi) is 4.90. The summed E-state index contributed by atoms with van der Waals surface area (Å²) in [6.07, 6.45) is 3.50. The molecule has 1 atom stereocenters. The van der Waals surface area contributed by atoms with E-state index in [1.54, 1.807) is 6.07 Å². The minimum atomic E-state index is -1.20. The molecular formula is C22H28ClN3O3. The third-order valence-corrected chi connectivity index (χ3v) is 6.40. The lowest BCUT2D eigenvalue weighted by atomic mass is 10.0. The van der Waals surface area contributed by atoms with Crippen molar-refractivity contribution >= 4 is 34.2 Å². The molecule has 6 nitrogen and oxygen atoms in total. The lowest BCUT2D eigenvalue weighted by molar-refractivity contribution is 0.0694. The third-order valence-electron chi connectivity index (χ3n) is 6.10. The number of aromatic nitrogens is 1. The predicted molar refractivity (Wildman–Crippen MR) is 117 cm³/mol. The largest absolute Gasteiger partial charge is 0.477 e. The first kappa shape index (κ1) is 20.2. The van der Waals surface area contributed by atoms with E-state index in [1.165, 1.54) is 6.20 Å². The summed E-state index contributed by atoms with van der Waals surface area (Å²) in [5, 5.41) is 10.3. The highest BCUT2D eigenvalue weighted by molar-refractivity contribution is 6.34. The van der Waals surface area contributed by atoms with Crippen LogP contribution in [0.15, 0.2) is 23.1 Å². The zero-order valence-electron chi connectivity index (χ0n) is 17.4. The van der Waals surface area contributed by atoms with Gasteiger partial charge in [0.1, 0.15) is 5.56 Å². The summed E-state index contributed by atoms with van der Waals surface area (Å²) in [5.74, 6) is -1.20. The van der Waals surface area contributed by atoms with E-state index in [9.17, 15) is 14.7 Å². The molecule has 7 heteroatoms. The maximum atomic E-state index is 12.7. The lowest BCUT2D eigenvalue weighted by Crippen LogP contribution is -2.58. The Hall–Kier alpha value is -2.05. The second-order valence-electron chi connectivity index (χ2n) is 9.30. The van der Waals surface area contributed by atoms with Crippen LogP contribution in [0.3, 0.4) is 0 Å². The smallest absolute Gasteiger partial charge is 0.341 e. The number of hydrogen-bond donors (Lipinski definition) is 1. The number of carbonyl (C=O) groups is 1.